The summed E-state index contributed by atoms with van der Waals surface area (Å²) in [7, 11) is 4.50. The van der Waals surface area contributed by atoms with Crippen LogP contribution in [0.4, 0.5) is 52.7 Å². The normalized spacial score (nSPS) is 16.5. The Morgan fingerprint density at radius 3 is 0.628 bits per heavy atom. The number of aliphatic hydroxyl groups excluding tert-OH is 2. The number of aromatic hydroxyl groups is 4. The molecule has 4 atom stereocenters. The van der Waals surface area contributed by atoms with Gasteiger partial charge in [-0.3, -0.25) is 0 Å². The Bertz CT molecular complexity index is 3230. The molecule has 94 heavy (non-hydrogen) atoms. The van der Waals surface area contributed by atoms with Gasteiger partial charge >= 0.3 is 24.7 Å². The van der Waals surface area contributed by atoms with E-state index in [1.807, 2.05) is 0 Å². The first-order chi connectivity index (χ1) is 43.9. The van der Waals surface area contributed by atoms with E-state index in [4.69, 9.17) is 10.2 Å². The Morgan fingerprint density at radius 2 is 0.447 bits per heavy atom. The molecule has 0 bridgehead atoms. The molecule has 10 rings (SSSR count). The average molecular weight is 1390 g/mol. The molecule has 0 saturated heterocycles. The van der Waals surface area contributed by atoms with E-state index in [-0.39, 0.29) is 161 Å². The summed E-state index contributed by atoms with van der Waals surface area (Å²) in [5.41, 5.74) is -1.51. The summed E-state index contributed by atoms with van der Waals surface area (Å²) < 4.78 is 164. The van der Waals surface area contributed by atoms with Crippen LogP contribution in [0, 0.1) is 14.2 Å². The number of alkyl halides is 12. The molecule has 10 N–H and O–H groups in total. The fraction of sp³-hybridized carbons (Fsp3) is 0.286. The summed E-state index contributed by atoms with van der Waals surface area (Å²) in [6, 6.07) is 39.2. The van der Waals surface area contributed by atoms with Crippen molar-refractivity contribution in [1.82, 2.24) is 21.3 Å². The summed E-state index contributed by atoms with van der Waals surface area (Å²) in [5.74, 6) is -0.897. The third kappa shape index (κ3) is 19.7. The molecule has 0 radical (unpaired) electrons. The second-order valence-corrected chi connectivity index (χ2v) is 21.9. The SMILES string of the molecule is Oc1c(CN[C@H]2CCCC[C@@H]2NCc2cccc(-c3ccccc3C(F)(F)F)c2O)cccc1-c1ccccc1C(F)(F)F.Oc1c(CN[C@H]2CCCC[C@@H]2NCc2cccc(-c3ccccc3C(F)(F)F)c2O)cccc1-c1ccccc1C(F)(F)F.[CH2-]O.[CH2-]O.[Ti].[Ti]. The topological polar surface area (TPSA) is 169 Å². The van der Waals surface area contributed by atoms with Crippen LogP contribution in [0.5, 0.6) is 23.0 Å². The predicted octanol–water partition coefficient (Wildman–Crippen LogP) is 17.6. The Hall–Kier alpha value is -6.69. The summed E-state index contributed by atoms with van der Waals surface area (Å²) in [6.45, 7) is 0.856. The van der Waals surface area contributed by atoms with Gasteiger partial charge in [0.25, 0.3) is 0 Å². The second-order valence-electron chi connectivity index (χ2n) is 21.9. The smallest absolute Gasteiger partial charge is 0.417 e. The first kappa shape index (κ1) is 78.0. The zero-order valence-electron chi connectivity index (χ0n) is 50.6. The number of hydrogen-bond acceptors (Lipinski definition) is 10. The predicted molar refractivity (Wildman–Crippen MR) is 328 cm³/mol. The van der Waals surface area contributed by atoms with Gasteiger partial charge in [-0.15, -0.1) is 0 Å². The van der Waals surface area contributed by atoms with Crippen molar-refractivity contribution in [2.75, 3.05) is 0 Å². The fourth-order valence-electron chi connectivity index (χ4n) is 11.9. The van der Waals surface area contributed by atoms with Gasteiger partial charge in [0, 0.05) is 138 Å². The van der Waals surface area contributed by atoms with Crippen LogP contribution in [0.1, 0.15) is 95.9 Å². The molecule has 0 aromatic heterocycles. The van der Waals surface area contributed by atoms with Gasteiger partial charge in [0.2, 0.25) is 0 Å². The summed E-state index contributed by atoms with van der Waals surface area (Å²) in [4.78, 5) is 0. The van der Waals surface area contributed by atoms with E-state index < -0.39 is 47.0 Å². The molecule has 0 amide bonds. The van der Waals surface area contributed by atoms with Crippen LogP contribution in [-0.4, -0.2) is 54.8 Å². The maximum absolute atomic E-state index is 13.6. The first-order valence-corrected chi connectivity index (χ1v) is 29.4. The number of rotatable bonds is 16. The fourth-order valence-corrected chi connectivity index (χ4v) is 11.9. The Morgan fingerprint density at radius 1 is 0.277 bits per heavy atom. The van der Waals surface area contributed by atoms with Crippen LogP contribution in [-0.2, 0) is 94.3 Å². The third-order valence-corrected chi connectivity index (χ3v) is 16.3. The molecule has 2 aliphatic rings. The quantitative estimate of drug-likeness (QED) is 0.0255. The molecule has 2 saturated carbocycles. The minimum absolute atomic E-state index is 0. The Balaban J connectivity index is 0.000000317. The maximum atomic E-state index is 13.6. The molecule has 0 spiro atoms. The zero-order chi connectivity index (χ0) is 67.0. The van der Waals surface area contributed by atoms with E-state index in [0.29, 0.717) is 22.3 Å². The largest absolute Gasteiger partial charge is 0.569 e. The number of phenols is 4. The van der Waals surface area contributed by atoms with Crippen molar-refractivity contribution in [3.05, 3.63) is 229 Å². The van der Waals surface area contributed by atoms with Crippen LogP contribution < -0.4 is 21.3 Å². The number of hydrogen-bond donors (Lipinski definition) is 10. The standard InChI is InChI=1S/2C34H32F6N2O2.2CH3O.2Ti/c2*35-33(36,37)27-15-3-1-11-23(27)25-13-7-9-21(31(25)43)19-41-29-17-5-6-18-30(29)42-20-22-10-8-14-26(32(22)44)24-12-2-4-16-28(24)34(38,39)40;2*1-2;;/h2*1-4,7-16,29-30,41-44H,5-6,17-20H2;2*2H,1H2;;/q;;2*-1;;/t2*29-,30-;;;;/m00..../s1. The van der Waals surface area contributed by atoms with Crippen LogP contribution in [0.2, 0.25) is 0 Å². The van der Waals surface area contributed by atoms with Crippen molar-refractivity contribution in [2.24, 2.45) is 0 Å². The number of para-hydroxylation sites is 4. The first-order valence-electron chi connectivity index (χ1n) is 29.4. The summed E-state index contributed by atoms with van der Waals surface area (Å²) in [6.07, 6.45) is -11.3. The molecular weight excluding hydrogens is 1320 g/mol. The Labute approximate surface area is 567 Å². The van der Waals surface area contributed by atoms with E-state index in [1.165, 1.54) is 97.1 Å². The Kier molecular flexibility index (Phi) is 29.3. The van der Waals surface area contributed by atoms with Crippen LogP contribution >= 0.6 is 0 Å². The van der Waals surface area contributed by atoms with Gasteiger partial charge in [0.15, 0.2) is 0 Å². The molecule has 0 heterocycles. The molecule has 24 heteroatoms. The van der Waals surface area contributed by atoms with Gasteiger partial charge in [-0.1, -0.05) is 171 Å². The third-order valence-electron chi connectivity index (χ3n) is 16.3. The zero-order valence-corrected chi connectivity index (χ0v) is 53.7. The van der Waals surface area contributed by atoms with Gasteiger partial charge in [-0.05, 0) is 72.2 Å². The minimum Gasteiger partial charge on any atom is -0.569 e. The van der Waals surface area contributed by atoms with Crippen LogP contribution in [0.15, 0.2) is 170 Å². The maximum Gasteiger partial charge on any atom is 0.417 e. The van der Waals surface area contributed by atoms with Crippen molar-refractivity contribution < 1.29 is 127 Å². The number of phenolic OH excluding ortho intramolecular Hbond substituents is 4. The van der Waals surface area contributed by atoms with E-state index in [9.17, 15) is 73.1 Å². The monoisotopic (exact) mass is 1390 g/mol. The van der Waals surface area contributed by atoms with Crippen molar-refractivity contribution in [3.8, 4) is 67.5 Å². The van der Waals surface area contributed by atoms with E-state index >= 15 is 0 Å². The number of halogens is 12. The minimum atomic E-state index is -4.58. The van der Waals surface area contributed by atoms with Gasteiger partial charge in [0.1, 0.15) is 23.0 Å². The van der Waals surface area contributed by atoms with Crippen molar-refractivity contribution in [3.63, 3.8) is 0 Å². The number of nitrogens with one attached hydrogen (secondary N) is 4. The van der Waals surface area contributed by atoms with Gasteiger partial charge in [-0.25, -0.2) is 14.2 Å². The molecular formula is C70H70F12N4O6Ti2-2. The van der Waals surface area contributed by atoms with E-state index in [2.05, 4.69) is 35.5 Å². The van der Waals surface area contributed by atoms with Crippen LogP contribution in [0.25, 0.3) is 44.5 Å². The van der Waals surface area contributed by atoms with Gasteiger partial charge in [0.05, 0.1) is 22.3 Å². The molecule has 10 nitrogen and oxygen atoms in total. The van der Waals surface area contributed by atoms with E-state index in [0.717, 1.165) is 75.6 Å². The molecule has 8 aromatic carbocycles. The van der Waals surface area contributed by atoms with Crippen molar-refractivity contribution in [1.29, 1.82) is 0 Å². The molecule has 0 aliphatic heterocycles. The van der Waals surface area contributed by atoms with Gasteiger partial charge in [-0.2, -0.15) is 52.7 Å². The molecule has 500 valence electrons. The summed E-state index contributed by atoms with van der Waals surface area (Å²) >= 11 is 0. The van der Waals surface area contributed by atoms with Gasteiger partial charge < -0.3 is 51.9 Å². The molecule has 2 aliphatic carbocycles. The van der Waals surface area contributed by atoms with E-state index in [1.54, 1.807) is 48.5 Å². The van der Waals surface area contributed by atoms with Crippen molar-refractivity contribution in [2.45, 2.75) is 126 Å². The number of aliphatic hydroxyl groups is 2. The average Bonchev–Trinajstić information content (AvgIpc) is 0.817. The molecule has 8 aromatic rings. The number of benzene rings is 8. The van der Waals surface area contributed by atoms with Crippen molar-refractivity contribution >= 4 is 0 Å². The summed E-state index contributed by atoms with van der Waals surface area (Å²) in [5, 5.41) is 71.1. The second kappa shape index (κ2) is 35.3. The molecule has 2 fully saturated rings. The molecule has 0 unspecified atom stereocenters. The van der Waals surface area contributed by atoms with Crippen LogP contribution in [0.3, 0.4) is 0 Å².